The summed E-state index contributed by atoms with van der Waals surface area (Å²) in [5.41, 5.74) is 0.0176. The van der Waals surface area contributed by atoms with Gasteiger partial charge in [0.25, 0.3) is 0 Å². The third-order valence-electron chi connectivity index (χ3n) is 1.57. The highest BCUT2D eigenvalue weighted by atomic mass is 16.6. The second kappa shape index (κ2) is 8.32. The Labute approximate surface area is 99.5 Å². The lowest BCUT2D eigenvalue weighted by Crippen LogP contribution is -2.17. The predicted molar refractivity (Wildman–Crippen MR) is 58.0 cm³/mol. The summed E-state index contributed by atoms with van der Waals surface area (Å²) >= 11 is 0. The van der Waals surface area contributed by atoms with Crippen LogP contribution in [0.4, 0.5) is 0 Å². The summed E-state index contributed by atoms with van der Waals surface area (Å²) in [6.45, 7) is 6.79. The van der Waals surface area contributed by atoms with Crippen LogP contribution in [0.25, 0.3) is 0 Å². The Morgan fingerprint density at radius 1 is 0.941 bits per heavy atom. The molecule has 0 aliphatic carbocycles. The van der Waals surface area contributed by atoms with Gasteiger partial charge < -0.3 is 14.2 Å². The maximum atomic E-state index is 11.1. The first-order valence-corrected chi connectivity index (χ1v) is 5.17. The molecule has 0 radical (unpaired) electrons. The summed E-state index contributed by atoms with van der Waals surface area (Å²) in [5, 5.41) is 0. The number of esters is 3. The summed E-state index contributed by atoms with van der Waals surface area (Å²) in [6.07, 6.45) is -0.482. The molecule has 0 saturated heterocycles. The van der Waals surface area contributed by atoms with E-state index in [1.807, 2.05) is 0 Å². The van der Waals surface area contributed by atoms with E-state index in [4.69, 9.17) is 0 Å². The fourth-order valence-corrected chi connectivity index (χ4v) is 0.841. The first-order chi connectivity index (χ1) is 8.01. The molecule has 0 aliphatic heterocycles. The van der Waals surface area contributed by atoms with Crippen molar-refractivity contribution < 1.29 is 28.6 Å². The fourth-order valence-electron chi connectivity index (χ4n) is 0.841. The van der Waals surface area contributed by atoms with Gasteiger partial charge >= 0.3 is 17.9 Å². The van der Waals surface area contributed by atoms with Gasteiger partial charge in [0.05, 0.1) is 18.8 Å². The maximum Gasteiger partial charge on any atom is 0.336 e. The number of hydrogen-bond acceptors (Lipinski definition) is 6. The van der Waals surface area contributed by atoms with Gasteiger partial charge in [0.1, 0.15) is 13.0 Å². The zero-order chi connectivity index (χ0) is 13.3. The van der Waals surface area contributed by atoms with Crippen LogP contribution >= 0.6 is 0 Å². The van der Waals surface area contributed by atoms with Crippen molar-refractivity contribution in [2.45, 2.75) is 20.3 Å². The van der Waals surface area contributed by atoms with Crippen LogP contribution in [0.5, 0.6) is 0 Å². The Bertz CT molecular complexity index is 307. The first kappa shape index (κ1) is 15.2. The van der Waals surface area contributed by atoms with Crippen molar-refractivity contribution in [3.63, 3.8) is 0 Å². The minimum Gasteiger partial charge on any atom is -0.466 e. The largest absolute Gasteiger partial charge is 0.466 e. The molecule has 0 bridgehead atoms. The summed E-state index contributed by atoms with van der Waals surface area (Å²) in [6, 6.07) is 0. The maximum absolute atomic E-state index is 11.1. The molecule has 0 unspecified atom stereocenters. The van der Waals surface area contributed by atoms with Crippen LogP contribution in [0.2, 0.25) is 0 Å². The SMILES string of the molecule is C=C(COC(=O)CC(=O)OCC)C(=O)OCC. The van der Waals surface area contributed by atoms with E-state index >= 15 is 0 Å². The van der Waals surface area contributed by atoms with Gasteiger partial charge in [-0.25, -0.2) is 4.79 Å². The number of hydrogen-bond donors (Lipinski definition) is 0. The number of ether oxygens (including phenoxy) is 3. The average molecular weight is 244 g/mol. The minimum absolute atomic E-state index is 0.0176. The number of carbonyl (C=O) groups excluding carboxylic acids is 3. The topological polar surface area (TPSA) is 78.9 Å². The lowest BCUT2D eigenvalue weighted by atomic mass is 10.3. The zero-order valence-electron chi connectivity index (χ0n) is 9.99. The molecule has 6 heteroatoms. The summed E-state index contributed by atoms with van der Waals surface area (Å²) < 4.78 is 13.8. The lowest BCUT2D eigenvalue weighted by molar-refractivity contribution is -0.153. The Morgan fingerprint density at radius 2 is 1.47 bits per heavy atom. The third kappa shape index (κ3) is 7.10. The van der Waals surface area contributed by atoms with Crippen LogP contribution in [-0.4, -0.2) is 37.7 Å². The molecule has 17 heavy (non-hydrogen) atoms. The van der Waals surface area contributed by atoms with E-state index in [-0.39, 0.29) is 25.4 Å². The summed E-state index contributed by atoms with van der Waals surface area (Å²) in [5.74, 6) is -2.07. The van der Waals surface area contributed by atoms with Crippen LogP contribution in [0.3, 0.4) is 0 Å². The monoisotopic (exact) mass is 244 g/mol. The smallest absolute Gasteiger partial charge is 0.336 e. The van der Waals surface area contributed by atoms with E-state index in [0.29, 0.717) is 0 Å². The second-order valence-electron chi connectivity index (χ2n) is 2.97. The van der Waals surface area contributed by atoms with Gasteiger partial charge in [0.15, 0.2) is 0 Å². The molecule has 0 aliphatic rings. The molecule has 0 rings (SSSR count). The molecular formula is C11H16O6. The molecule has 0 saturated carbocycles. The van der Waals surface area contributed by atoms with Gasteiger partial charge in [0, 0.05) is 0 Å². The molecule has 0 amide bonds. The van der Waals surface area contributed by atoms with E-state index < -0.39 is 24.3 Å². The lowest BCUT2D eigenvalue weighted by Gasteiger charge is -2.06. The van der Waals surface area contributed by atoms with Gasteiger partial charge in [-0.15, -0.1) is 0 Å². The van der Waals surface area contributed by atoms with Crippen molar-refractivity contribution in [2.24, 2.45) is 0 Å². The van der Waals surface area contributed by atoms with Crippen molar-refractivity contribution in [1.82, 2.24) is 0 Å². The Hall–Kier alpha value is -1.85. The third-order valence-corrected chi connectivity index (χ3v) is 1.57. The molecule has 0 aromatic carbocycles. The van der Waals surface area contributed by atoms with E-state index in [0.717, 1.165) is 0 Å². The molecule has 0 heterocycles. The second-order valence-corrected chi connectivity index (χ2v) is 2.97. The van der Waals surface area contributed by atoms with Crippen LogP contribution in [0.15, 0.2) is 12.2 Å². The van der Waals surface area contributed by atoms with Crippen LogP contribution < -0.4 is 0 Å². The van der Waals surface area contributed by atoms with Gasteiger partial charge in [-0.3, -0.25) is 9.59 Å². The zero-order valence-corrected chi connectivity index (χ0v) is 9.99. The highest BCUT2D eigenvalue weighted by molar-refractivity contribution is 5.92. The molecule has 0 spiro atoms. The van der Waals surface area contributed by atoms with E-state index in [1.54, 1.807) is 13.8 Å². The molecule has 0 fully saturated rings. The summed E-state index contributed by atoms with van der Waals surface area (Å²) in [7, 11) is 0. The van der Waals surface area contributed by atoms with Gasteiger partial charge in [-0.05, 0) is 13.8 Å². The van der Waals surface area contributed by atoms with E-state index in [2.05, 4.69) is 20.8 Å². The van der Waals surface area contributed by atoms with Gasteiger partial charge in [-0.2, -0.15) is 0 Å². The molecule has 0 aromatic rings. The standard InChI is InChI=1S/C11H16O6/c1-4-15-9(12)6-10(13)17-7-8(3)11(14)16-5-2/h3-7H2,1-2H3. The highest BCUT2D eigenvalue weighted by Gasteiger charge is 2.14. The fraction of sp³-hybridized carbons (Fsp3) is 0.545. The number of rotatable bonds is 7. The normalized spacial score (nSPS) is 9.29. The molecule has 0 aromatic heterocycles. The Balaban J connectivity index is 3.88. The molecule has 0 N–H and O–H groups in total. The van der Waals surface area contributed by atoms with E-state index in [1.165, 1.54) is 0 Å². The quantitative estimate of drug-likeness (QED) is 0.282. The average Bonchev–Trinajstić information content (AvgIpc) is 2.26. The molecule has 96 valence electrons. The van der Waals surface area contributed by atoms with Crippen molar-refractivity contribution in [1.29, 1.82) is 0 Å². The van der Waals surface area contributed by atoms with Gasteiger partial charge in [0.2, 0.25) is 0 Å². The van der Waals surface area contributed by atoms with Crippen LogP contribution in [0.1, 0.15) is 20.3 Å². The predicted octanol–water partition coefficient (Wildman–Crippen LogP) is 0.602. The van der Waals surface area contributed by atoms with Gasteiger partial charge in [-0.1, -0.05) is 6.58 Å². The highest BCUT2D eigenvalue weighted by Crippen LogP contribution is 1.98. The van der Waals surface area contributed by atoms with E-state index in [9.17, 15) is 14.4 Å². The molecular weight excluding hydrogens is 228 g/mol. The first-order valence-electron chi connectivity index (χ1n) is 5.17. The molecule has 0 atom stereocenters. The minimum atomic E-state index is -0.770. The Morgan fingerprint density at radius 3 is 2.00 bits per heavy atom. The van der Waals surface area contributed by atoms with Crippen molar-refractivity contribution in [3.8, 4) is 0 Å². The summed E-state index contributed by atoms with van der Waals surface area (Å²) in [4.78, 5) is 33.1. The van der Waals surface area contributed by atoms with Crippen molar-refractivity contribution in [3.05, 3.63) is 12.2 Å². The van der Waals surface area contributed by atoms with Crippen molar-refractivity contribution >= 4 is 17.9 Å². The van der Waals surface area contributed by atoms with Crippen LogP contribution in [-0.2, 0) is 28.6 Å². The van der Waals surface area contributed by atoms with Crippen LogP contribution in [0, 0.1) is 0 Å². The van der Waals surface area contributed by atoms with Crippen molar-refractivity contribution in [2.75, 3.05) is 19.8 Å². The molecule has 6 nitrogen and oxygen atoms in total. The Kier molecular flexibility index (Phi) is 7.41. The number of carbonyl (C=O) groups is 3.